The largest absolute Gasteiger partial charge is 0.376 e. The summed E-state index contributed by atoms with van der Waals surface area (Å²) in [6.45, 7) is 12.4. The van der Waals surface area contributed by atoms with Crippen molar-refractivity contribution in [3.05, 3.63) is 124 Å². The molecule has 0 aromatic heterocycles. The van der Waals surface area contributed by atoms with Crippen LogP contribution >= 0.6 is 0 Å². The lowest BCUT2D eigenvalue weighted by molar-refractivity contribution is -0.00471. The number of ether oxygens (including phenoxy) is 1. The molecule has 0 saturated carbocycles. The summed E-state index contributed by atoms with van der Waals surface area (Å²) in [4.78, 5) is 2.61. The maximum atomic E-state index is 6.06. The van der Waals surface area contributed by atoms with Crippen molar-refractivity contribution in [3.8, 4) is 11.1 Å². The predicted molar refractivity (Wildman–Crippen MR) is 189 cm³/mol. The molecular weight excluding hydrogens is 551 g/mol. The first-order valence-electron chi connectivity index (χ1n) is 16.9. The minimum atomic E-state index is -2.09. The highest BCUT2D eigenvalue weighted by Crippen LogP contribution is 2.66. The zero-order chi connectivity index (χ0) is 30.6. The topological polar surface area (TPSA) is 12.5 Å². The molecule has 1 aliphatic heterocycles. The Morgan fingerprint density at radius 1 is 0.705 bits per heavy atom. The normalized spacial score (nSPS) is 21.4. The van der Waals surface area contributed by atoms with Crippen molar-refractivity contribution in [2.75, 3.05) is 18.6 Å². The number of hydrogen-bond acceptors (Lipinski definition) is 2. The van der Waals surface area contributed by atoms with Crippen LogP contribution in [0.5, 0.6) is 0 Å². The van der Waals surface area contributed by atoms with Gasteiger partial charge in [-0.1, -0.05) is 122 Å². The summed E-state index contributed by atoms with van der Waals surface area (Å²) in [5.74, 6) is 0.504. The summed E-state index contributed by atoms with van der Waals surface area (Å²) >= 11 is 0. The first-order valence-corrected chi connectivity index (χ1v) is 19.8. The Morgan fingerprint density at radius 2 is 1.30 bits per heavy atom. The standard InChI is InChI=1S/C41H49NOSi/c1-28-23-24-36-35(27-28)37-38(42(36)5)31-19-11-14-22-34(31)40(37)44(6,26-16-8-7-15-25-43-41(2,3)4)39-32-20-12-9-17-29(32)30-18-10-13-21-33(30)39/h9-14,17-24,27,37-40H,7-8,15-16,25-26H2,1-6H3. The van der Waals surface area contributed by atoms with Crippen LogP contribution in [0.15, 0.2) is 91.0 Å². The second kappa shape index (κ2) is 11.3. The lowest BCUT2D eigenvalue weighted by Crippen LogP contribution is -2.46. The molecule has 3 heteroatoms. The Hall–Kier alpha value is -3.14. The van der Waals surface area contributed by atoms with Crippen molar-refractivity contribution < 1.29 is 4.74 Å². The lowest BCUT2D eigenvalue weighted by Gasteiger charge is -2.43. The average Bonchev–Trinajstić information content (AvgIpc) is 3.62. The van der Waals surface area contributed by atoms with E-state index in [1.807, 2.05) is 0 Å². The summed E-state index contributed by atoms with van der Waals surface area (Å²) in [5, 5.41) is 0. The van der Waals surface area contributed by atoms with Crippen LogP contribution in [0.1, 0.15) is 103 Å². The number of unbranched alkanes of at least 4 members (excludes halogenated alkanes) is 3. The van der Waals surface area contributed by atoms with E-state index in [4.69, 9.17) is 4.74 Å². The van der Waals surface area contributed by atoms with E-state index in [2.05, 4.69) is 137 Å². The molecule has 0 radical (unpaired) electrons. The quantitative estimate of drug-likeness (QED) is 0.140. The van der Waals surface area contributed by atoms with E-state index in [1.165, 1.54) is 47.7 Å². The maximum Gasteiger partial charge on any atom is 0.0718 e. The van der Waals surface area contributed by atoms with Crippen molar-refractivity contribution in [1.82, 2.24) is 0 Å². The monoisotopic (exact) mass is 599 g/mol. The molecule has 0 spiro atoms. The number of likely N-dealkylation sites (N-methyl/N-ethyl adjacent to an activating group) is 1. The van der Waals surface area contributed by atoms with Gasteiger partial charge in [0.2, 0.25) is 0 Å². The van der Waals surface area contributed by atoms with E-state index in [0.29, 0.717) is 23.0 Å². The van der Waals surface area contributed by atoms with Crippen molar-refractivity contribution in [3.63, 3.8) is 0 Å². The number of benzene rings is 4. The van der Waals surface area contributed by atoms with E-state index in [-0.39, 0.29) is 5.60 Å². The van der Waals surface area contributed by atoms with E-state index < -0.39 is 8.07 Å². The van der Waals surface area contributed by atoms with Gasteiger partial charge in [0.15, 0.2) is 0 Å². The number of aryl methyl sites for hydroxylation is 1. The Labute approximate surface area is 266 Å². The van der Waals surface area contributed by atoms with E-state index >= 15 is 0 Å². The van der Waals surface area contributed by atoms with Gasteiger partial charge in [-0.05, 0) is 84.7 Å². The van der Waals surface area contributed by atoms with Gasteiger partial charge in [-0.2, -0.15) is 0 Å². The summed E-state index contributed by atoms with van der Waals surface area (Å²) in [5.41, 5.74) is 14.7. The highest BCUT2D eigenvalue weighted by Gasteiger charge is 2.58. The summed E-state index contributed by atoms with van der Waals surface area (Å²) < 4.78 is 6.06. The molecule has 0 bridgehead atoms. The van der Waals surface area contributed by atoms with Gasteiger partial charge in [-0.15, -0.1) is 0 Å². The molecule has 4 unspecified atom stereocenters. The smallest absolute Gasteiger partial charge is 0.0718 e. The molecule has 44 heavy (non-hydrogen) atoms. The van der Waals surface area contributed by atoms with Crippen LogP contribution < -0.4 is 4.90 Å². The molecule has 1 heterocycles. The van der Waals surface area contributed by atoms with Gasteiger partial charge in [0.05, 0.1) is 19.7 Å². The van der Waals surface area contributed by atoms with Crippen LogP contribution in [-0.4, -0.2) is 27.3 Å². The van der Waals surface area contributed by atoms with Gasteiger partial charge in [-0.25, -0.2) is 0 Å². The fraction of sp³-hybridized carbons (Fsp3) is 0.415. The second-order valence-corrected chi connectivity index (χ2v) is 19.7. The molecule has 0 saturated heterocycles. The van der Waals surface area contributed by atoms with Gasteiger partial charge in [-0.3, -0.25) is 0 Å². The van der Waals surface area contributed by atoms with Crippen molar-refractivity contribution in [2.45, 2.75) is 94.6 Å². The van der Waals surface area contributed by atoms with E-state index in [9.17, 15) is 0 Å². The predicted octanol–water partition coefficient (Wildman–Crippen LogP) is 10.7. The Bertz CT molecular complexity index is 1620. The van der Waals surface area contributed by atoms with Gasteiger partial charge >= 0.3 is 0 Å². The molecule has 4 aromatic carbocycles. The molecule has 228 valence electrons. The third kappa shape index (κ3) is 4.88. The molecular formula is C41H49NOSi. The molecule has 4 aromatic rings. The zero-order valence-electron chi connectivity index (χ0n) is 27.6. The minimum Gasteiger partial charge on any atom is -0.376 e. The first kappa shape index (κ1) is 29.6. The van der Waals surface area contributed by atoms with Crippen LogP contribution in [0, 0.1) is 6.92 Å². The van der Waals surface area contributed by atoms with Crippen LogP contribution in [0.2, 0.25) is 12.6 Å². The van der Waals surface area contributed by atoms with E-state index in [1.54, 1.807) is 27.8 Å². The average molecular weight is 600 g/mol. The molecule has 2 nitrogen and oxygen atoms in total. The second-order valence-electron chi connectivity index (χ2n) is 15.0. The first-order chi connectivity index (χ1) is 21.2. The van der Waals surface area contributed by atoms with Crippen LogP contribution in [0.4, 0.5) is 5.69 Å². The highest BCUT2D eigenvalue weighted by molar-refractivity contribution is 6.82. The SMILES string of the molecule is Cc1ccc2c(c1)C1C(c3ccccc3C1[Si](C)(CCCCCCOC(C)(C)C)C1c3ccccc3-c3ccccc31)N2C. The van der Waals surface area contributed by atoms with Crippen LogP contribution in [0.3, 0.4) is 0 Å². The summed E-state index contributed by atoms with van der Waals surface area (Å²) in [6, 6.07) is 37.3. The lowest BCUT2D eigenvalue weighted by atomic mass is 9.94. The summed E-state index contributed by atoms with van der Waals surface area (Å²) in [7, 11) is 0.249. The minimum absolute atomic E-state index is 0.0514. The third-order valence-electron chi connectivity index (χ3n) is 11.0. The third-order valence-corrected chi connectivity index (χ3v) is 16.5. The van der Waals surface area contributed by atoms with Crippen LogP contribution in [0.25, 0.3) is 11.1 Å². The zero-order valence-corrected chi connectivity index (χ0v) is 28.6. The fourth-order valence-corrected chi connectivity index (χ4v) is 15.3. The molecule has 3 aliphatic rings. The Morgan fingerprint density at radius 3 is 1.95 bits per heavy atom. The number of fused-ring (bicyclic) bond motifs is 8. The van der Waals surface area contributed by atoms with Crippen molar-refractivity contribution in [2.24, 2.45) is 0 Å². The number of anilines is 1. The van der Waals surface area contributed by atoms with Crippen molar-refractivity contribution in [1.29, 1.82) is 0 Å². The molecule has 7 rings (SSSR count). The van der Waals surface area contributed by atoms with Gasteiger partial charge in [0.1, 0.15) is 0 Å². The Kier molecular flexibility index (Phi) is 7.62. The van der Waals surface area contributed by atoms with Gasteiger partial charge in [0.25, 0.3) is 0 Å². The molecule has 0 N–H and O–H groups in total. The van der Waals surface area contributed by atoms with E-state index in [0.717, 1.165) is 13.0 Å². The highest BCUT2D eigenvalue weighted by atomic mass is 28.3. The molecule has 0 fully saturated rings. The maximum absolute atomic E-state index is 6.06. The number of nitrogens with zero attached hydrogens (tertiary/aromatic N) is 1. The van der Waals surface area contributed by atoms with Crippen molar-refractivity contribution >= 4 is 13.8 Å². The molecule has 4 atom stereocenters. The van der Waals surface area contributed by atoms with Gasteiger partial charge < -0.3 is 9.64 Å². The van der Waals surface area contributed by atoms with Gasteiger partial charge in [0, 0.05) is 30.8 Å². The summed E-state index contributed by atoms with van der Waals surface area (Å²) in [6.07, 6.45) is 4.98. The molecule has 2 aliphatic carbocycles. The fourth-order valence-electron chi connectivity index (χ4n) is 9.29. The van der Waals surface area contributed by atoms with Crippen LogP contribution in [-0.2, 0) is 4.74 Å². The number of rotatable bonds is 9. The molecule has 0 amide bonds. The number of hydrogen-bond donors (Lipinski definition) is 0. The Balaban J connectivity index is 1.32.